The third kappa shape index (κ3) is 2.17. The molecule has 0 aliphatic heterocycles. The fourth-order valence-electron chi connectivity index (χ4n) is 1.16. The Morgan fingerprint density at radius 1 is 1.50 bits per heavy atom. The first-order valence-electron chi connectivity index (χ1n) is 4.16. The first-order valence-corrected chi connectivity index (χ1v) is 4.16. The topological polar surface area (TPSA) is 63.4 Å². The van der Waals surface area contributed by atoms with Crippen molar-refractivity contribution in [3.8, 4) is 0 Å². The van der Waals surface area contributed by atoms with Gasteiger partial charge in [-0.3, -0.25) is 10.1 Å². The number of benzene rings is 1. The van der Waals surface area contributed by atoms with Gasteiger partial charge >= 0.3 is 0 Å². The van der Waals surface area contributed by atoms with Gasteiger partial charge in [0.15, 0.2) is 0 Å². The average molecular weight is 193 g/mol. The molecular formula is C10H11NO3. The Morgan fingerprint density at radius 2 is 2.07 bits per heavy atom. The first kappa shape index (κ1) is 10.4. The van der Waals surface area contributed by atoms with Gasteiger partial charge in [0.2, 0.25) is 0 Å². The minimum absolute atomic E-state index is 0.0404. The van der Waals surface area contributed by atoms with Gasteiger partial charge in [0.1, 0.15) is 0 Å². The lowest BCUT2D eigenvalue weighted by Crippen LogP contribution is -2.00. The predicted octanol–water partition coefficient (Wildman–Crippen LogP) is 1.86. The van der Waals surface area contributed by atoms with Gasteiger partial charge in [-0.15, -0.1) is 6.58 Å². The van der Waals surface area contributed by atoms with Crippen molar-refractivity contribution in [2.45, 2.75) is 5.92 Å². The highest BCUT2D eigenvalue weighted by atomic mass is 16.6. The largest absolute Gasteiger partial charge is 0.395 e. The van der Waals surface area contributed by atoms with Gasteiger partial charge in [-0.25, -0.2) is 0 Å². The van der Waals surface area contributed by atoms with Crippen LogP contribution >= 0.6 is 0 Å². The van der Waals surface area contributed by atoms with Crippen molar-refractivity contribution in [2.75, 3.05) is 6.61 Å². The maximum atomic E-state index is 10.4. The smallest absolute Gasteiger partial charge is 0.269 e. The number of nitro benzene ring substituents is 1. The number of aliphatic hydroxyl groups is 1. The van der Waals surface area contributed by atoms with Crippen LogP contribution in [-0.4, -0.2) is 16.6 Å². The molecule has 0 aliphatic rings. The maximum Gasteiger partial charge on any atom is 0.269 e. The zero-order valence-electron chi connectivity index (χ0n) is 7.59. The summed E-state index contributed by atoms with van der Waals surface area (Å²) in [5.41, 5.74) is 0.877. The number of hydrogen-bond acceptors (Lipinski definition) is 3. The van der Waals surface area contributed by atoms with Crippen LogP contribution in [0.1, 0.15) is 11.5 Å². The Labute approximate surface area is 81.6 Å². The predicted molar refractivity (Wildman–Crippen MR) is 53.1 cm³/mol. The number of hydrogen-bond donors (Lipinski definition) is 1. The molecule has 0 amide bonds. The lowest BCUT2D eigenvalue weighted by molar-refractivity contribution is -0.384. The highest BCUT2D eigenvalue weighted by Gasteiger charge is 2.08. The molecular weight excluding hydrogens is 182 g/mol. The molecule has 0 fully saturated rings. The normalized spacial score (nSPS) is 12.1. The van der Waals surface area contributed by atoms with Crippen LogP contribution in [0.25, 0.3) is 0 Å². The van der Waals surface area contributed by atoms with E-state index in [1.54, 1.807) is 18.2 Å². The van der Waals surface area contributed by atoms with Crippen molar-refractivity contribution in [1.29, 1.82) is 0 Å². The number of nitrogens with zero attached hydrogens (tertiary/aromatic N) is 1. The van der Waals surface area contributed by atoms with Gasteiger partial charge in [0, 0.05) is 18.1 Å². The van der Waals surface area contributed by atoms with Crippen LogP contribution in [0.15, 0.2) is 36.9 Å². The van der Waals surface area contributed by atoms with Crippen LogP contribution < -0.4 is 0 Å². The van der Waals surface area contributed by atoms with E-state index in [0.29, 0.717) is 0 Å². The number of nitro groups is 1. The van der Waals surface area contributed by atoms with E-state index in [0.717, 1.165) is 5.56 Å². The van der Waals surface area contributed by atoms with Gasteiger partial charge in [-0.2, -0.15) is 0 Å². The maximum absolute atomic E-state index is 10.4. The summed E-state index contributed by atoms with van der Waals surface area (Å²) in [5.74, 6) is -0.157. The van der Waals surface area contributed by atoms with Crippen molar-refractivity contribution < 1.29 is 10.0 Å². The van der Waals surface area contributed by atoms with Gasteiger partial charge in [-0.05, 0) is 5.56 Å². The molecule has 1 rings (SSSR count). The van der Waals surface area contributed by atoms with E-state index in [2.05, 4.69) is 6.58 Å². The lowest BCUT2D eigenvalue weighted by atomic mass is 10.0. The second kappa shape index (κ2) is 4.53. The van der Waals surface area contributed by atoms with E-state index in [-0.39, 0.29) is 18.2 Å². The molecule has 0 spiro atoms. The molecule has 1 aromatic carbocycles. The first-order chi connectivity index (χ1) is 6.69. The number of aliphatic hydroxyl groups excluding tert-OH is 1. The van der Waals surface area contributed by atoms with Crippen LogP contribution in [0, 0.1) is 10.1 Å². The van der Waals surface area contributed by atoms with Crippen molar-refractivity contribution in [3.63, 3.8) is 0 Å². The minimum atomic E-state index is -0.453. The number of non-ortho nitro benzene ring substituents is 1. The highest BCUT2D eigenvalue weighted by Crippen LogP contribution is 2.19. The van der Waals surface area contributed by atoms with Crippen molar-refractivity contribution >= 4 is 5.69 Å². The van der Waals surface area contributed by atoms with Gasteiger partial charge in [-0.1, -0.05) is 18.2 Å². The van der Waals surface area contributed by atoms with Gasteiger partial charge in [0.05, 0.1) is 11.5 Å². The number of rotatable bonds is 4. The SMILES string of the molecule is C=C[C@@H](CO)c1ccc([N+](=O)[O-])cc1. The Morgan fingerprint density at radius 3 is 2.43 bits per heavy atom. The van der Waals surface area contributed by atoms with Crippen molar-refractivity contribution in [3.05, 3.63) is 52.6 Å². The summed E-state index contributed by atoms with van der Waals surface area (Å²) in [6, 6.07) is 6.09. The molecule has 14 heavy (non-hydrogen) atoms. The Bertz CT molecular complexity index is 332. The standard InChI is InChI=1S/C10H11NO3/c1-2-8(7-12)9-3-5-10(6-4-9)11(13)14/h2-6,8,12H,1,7H2/t8-/m0/s1. The van der Waals surface area contributed by atoms with Gasteiger partial charge in [0.25, 0.3) is 5.69 Å². The molecule has 1 atom stereocenters. The molecule has 4 nitrogen and oxygen atoms in total. The van der Waals surface area contributed by atoms with Gasteiger partial charge < -0.3 is 5.11 Å². The molecule has 4 heteroatoms. The average Bonchev–Trinajstić information content (AvgIpc) is 2.20. The third-order valence-corrected chi connectivity index (χ3v) is 2.01. The zero-order chi connectivity index (χ0) is 10.6. The molecule has 0 bridgehead atoms. The summed E-state index contributed by atoms with van der Waals surface area (Å²) < 4.78 is 0. The molecule has 1 N–H and O–H groups in total. The molecule has 0 aromatic heterocycles. The Hall–Kier alpha value is -1.68. The van der Waals surface area contributed by atoms with E-state index in [1.807, 2.05) is 0 Å². The zero-order valence-corrected chi connectivity index (χ0v) is 7.59. The second-order valence-electron chi connectivity index (χ2n) is 2.87. The van der Waals surface area contributed by atoms with Crippen LogP contribution in [0.2, 0.25) is 0 Å². The summed E-state index contributed by atoms with van der Waals surface area (Å²) in [6.45, 7) is 3.53. The molecule has 0 radical (unpaired) electrons. The third-order valence-electron chi connectivity index (χ3n) is 2.01. The molecule has 0 aliphatic carbocycles. The van der Waals surface area contributed by atoms with E-state index in [9.17, 15) is 10.1 Å². The lowest BCUT2D eigenvalue weighted by Gasteiger charge is -2.07. The van der Waals surface area contributed by atoms with Crippen LogP contribution in [0.5, 0.6) is 0 Å². The van der Waals surface area contributed by atoms with Crippen molar-refractivity contribution in [2.24, 2.45) is 0 Å². The summed E-state index contributed by atoms with van der Waals surface area (Å²) >= 11 is 0. The summed E-state index contributed by atoms with van der Waals surface area (Å²) in [6.07, 6.45) is 1.61. The summed E-state index contributed by atoms with van der Waals surface area (Å²) in [7, 11) is 0. The second-order valence-corrected chi connectivity index (χ2v) is 2.87. The molecule has 0 saturated carbocycles. The monoisotopic (exact) mass is 193 g/mol. The fraction of sp³-hybridized carbons (Fsp3) is 0.200. The van der Waals surface area contributed by atoms with E-state index < -0.39 is 4.92 Å². The van der Waals surface area contributed by atoms with E-state index in [1.165, 1.54) is 12.1 Å². The molecule has 0 heterocycles. The fourth-order valence-corrected chi connectivity index (χ4v) is 1.16. The molecule has 0 saturated heterocycles. The summed E-state index contributed by atoms with van der Waals surface area (Å²) in [5, 5.41) is 19.3. The quantitative estimate of drug-likeness (QED) is 0.451. The molecule has 0 unspecified atom stereocenters. The Balaban J connectivity index is 2.92. The minimum Gasteiger partial charge on any atom is -0.395 e. The molecule has 1 aromatic rings. The van der Waals surface area contributed by atoms with Crippen LogP contribution in [0.4, 0.5) is 5.69 Å². The van der Waals surface area contributed by atoms with Crippen LogP contribution in [-0.2, 0) is 0 Å². The molecule has 74 valence electrons. The highest BCUT2D eigenvalue weighted by molar-refractivity contribution is 5.35. The van der Waals surface area contributed by atoms with Crippen LogP contribution in [0.3, 0.4) is 0 Å². The summed E-state index contributed by atoms with van der Waals surface area (Å²) in [4.78, 5) is 9.90. The van der Waals surface area contributed by atoms with E-state index in [4.69, 9.17) is 5.11 Å². The Kier molecular flexibility index (Phi) is 3.36. The van der Waals surface area contributed by atoms with Crippen molar-refractivity contribution in [1.82, 2.24) is 0 Å². The van der Waals surface area contributed by atoms with E-state index >= 15 is 0 Å².